The van der Waals surface area contributed by atoms with Gasteiger partial charge in [-0.2, -0.15) is 5.10 Å². The lowest BCUT2D eigenvalue weighted by atomic mass is 10.1. The third-order valence-electron chi connectivity index (χ3n) is 4.78. The molecular weight excluding hydrogens is 370 g/mol. The predicted molar refractivity (Wildman–Crippen MR) is 107 cm³/mol. The number of nitrogens with zero attached hydrogens (tertiary/aromatic N) is 4. The Hall–Kier alpha value is -3.81. The van der Waals surface area contributed by atoms with Crippen molar-refractivity contribution in [2.75, 3.05) is 10.2 Å². The van der Waals surface area contributed by atoms with Crippen LogP contribution in [-0.2, 0) is 9.59 Å². The van der Waals surface area contributed by atoms with Crippen LogP contribution in [0, 0.1) is 6.92 Å². The molecule has 1 fully saturated rings. The van der Waals surface area contributed by atoms with Crippen molar-refractivity contribution in [3.63, 3.8) is 0 Å². The van der Waals surface area contributed by atoms with Gasteiger partial charge in [-0.1, -0.05) is 6.07 Å². The van der Waals surface area contributed by atoms with E-state index in [1.807, 2.05) is 18.2 Å². The molecule has 146 valence electrons. The number of hydrogen-bond donors (Lipinski definition) is 1. The molecule has 0 atom stereocenters. The van der Waals surface area contributed by atoms with Crippen molar-refractivity contribution in [1.82, 2.24) is 14.8 Å². The molecule has 3 amide bonds. The van der Waals surface area contributed by atoms with Crippen molar-refractivity contribution in [3.05, 3.63) is 66.1 Å². The van der Waals surface area contributed by atoms with Crippen LogP contribution < -0.4 is 10.2 Å². The highest BCUT2D eigenvalue weighted by atomic mass is 16.2. The number of carbonyl (C=O) groups is 3. The van der Waals surface area contributed by atoms with Gasteiger partial charge in [0.2, 0.25) is 11.8 Å². The average Bonchev–Trinajstić information content (AvgIpc) is 3.11. The van der Waals surface area contributed by atoms with Gasteiger partial charge in [0.25, 0.3) is 5.91 Å². The van der Waals surface area contributed by atoms with Crippen LogP contribution in [0.25, 0.3) is 5.82 Å². The van der Waals surface area contributed by atoms with Crippen LogP contribution in [0.4, 0.5) is 11.4 Å². The highest BCUT2D eigenvalue weighted by molar-refractivity contribution is 6.16. The van der Waals surface area contributed by atoms with Gasteiger partial charge in [-0.05, 0) is 49.7 Å². The largest absolute Gasteiger partial charge is 0.322 e. The minimum Gasteiger partial charge on any atom is -0.322 e. The third kappa shape index (κ3) is 3.64. The monoisotopic (exact) mass is 389 g/mol. The van der Waals surface area contributed by atoms with Crippen molar-refractivity contribution in [2.45, 2.75) is 26.2 Å². The number of piperidine rings is 1. The molecule has 0 unspecified atom stereocenters. The van der Waals surface area contributed by atoms with Crippen LogP contribution in [0.15, 0.2) is 54.9 Å². The molecule has 8 nitrogen and oxygen atoms in total. The molecular formula is C21H19N5O3. The summed E-state index contributed by atoms with van der Waals surface area (Å²) >= 11 is 0. The number of carbonyl (C=O) groups excluding carboxylic acids is 3. The Morgan fingerprint density at radius 2 is 1.76 bits per heavy atom. The second-order valence-corrected chi connectivity index (χ2v) is 6.72. The quantitative estimate of drug-likeness (QED) is 0.692. The van der Waals surface area contributed by atoms with Crippen LogP contribution in [-0.4, -0.2) is 32.5 Å². The molecule has 1 saturated heterocycles. The molecule has 0 bridgehead atoms. The molecule has 0 radical (unpaired) electrons. The number of hydrogen-bond acceptors (Lipinski definition) is 5. The van der Waals surface area contributed by atoms with Gasteiger partial charge >= 0.3 is 0 Å². The topological polar surface area (TPSA) is 97.2 Å². The van der Waals surface area contributed by atoms with Crippen molar-refractivity contribution >= 4 is 29.1 Å². The molecule has 0 aliphatic carbocycles. The van der Waals surface area contributed by atoms with Crippen LogP contribution >= 0.6 is 0 Å². The van der Waals surface area contributed by atoms with E-state index in [1.54, 1.807) is 42.1 Å². The first-order valence-corrected chi connectivity index (χ1v) is 9.28. The Morgan fingerprint density at radius 3 is 2.41 bits per heavy atom. The SMILES string of the molecule is Cc1c(C(=O)Nc2ccc(N3C(=O)CCCC3=O)cc2)cnn1-c1ccccn1. The summed E-state index contributed by atoms with van der Waals surface area (Å²) in [5.41, 5.74) is 2.17. The fourth-order valence-electron chi connectivity index (χ4n) is 3.28. The average molecular weight is 389 g/mol. The Labute approximate surface area is 167 Å². The van der Waals surface area contributed by atoms with Crippen LogP contribution in [0.2, 0.25) is 0 Å². The molecule has 29 heavy (non-hydrogen) atoms. The molecule has 0 saturated carbocycles. The molecule has 0 spiro atoms. The first kappa shape index (κ1) is 18.5. The fourth-order valence-corrected chi connectivity index (χ4v) is 3.28. The predicted octanol–water partition coefficient (Wildman–Crippen LogP) is 2.87. The number of anilines is 2. The van der Waals surface area contributed by atoms with E-state index in [9.17, 15) is 14.4 Å². The number of imide groups is 1. The Kier molecular flexibility index (Phi) is 4.90. The molecule has 3 heterocycles. The van der Waals surface area contributed by atoms with Gasteiger partial charge < -0.3 is 5.32 Å². The number of pyridine rings is 1. The number of rotatable bonds is 4. The highest BCUT2D eigenvalue weighted by Gasteiger charge is 2.27. The zero-order valence-corrected chi connectivity index (χ0v) is 15.8. The van der Waals surface area contributed by atoms with Gasteiger partial charge in [0.1, 0.15) is 0 Å². The Bertz CT molecular complexity index is 1060. The minimum atomic E-state index is -0.303. The zero-order valence-electron chi connectivity index (χ0n) is 15.8. The van der Waals surface area contributed by atoms with Gasteiger partial charge in [-0.15, -0.1) is 0 Å². The smallest absolute Gasteiger partial charge is 0.259 e. The first-order chi connectivity index (χ1) is 14.0. The number of amides is 3. The second kappa shape index (κ2) is 7.67. The lowest BCUT2D eigenvalue weighted by Gasteiger charge is -2.24. The fraction of sp³-hybridized carbons (Fsp3) is 0.190. The zero-order chi connectivity index (χ0) is 20.4. The highest BCUT2D eigenvalue weighted by Crippen LogP contribution is 2.24. The number of aromatic nitrogens is 3. The third-order valence-corrected chi connectivity index (χ3v) is 4.78. The molecule has 4 rings (SSSR count). The number of benzene rings is 1. The first-order valence-electron chi connectivity index (χ1n) is 9.28. The van der Waals surface area contributed by atoms with E-state index < -0.39 is 0 Å². The maximum atomic E-state index is 12.7. The van der Waals surface area contributed by atoms with E-state index >= 15 is 0 Å². The van der Waals surface area contributed by atoms with E-state index in [0.29, 0.717) is 47.7 Å². The lowest BCUT2D eigenvalue weighted by Crippen LogP contribution is -2.40. The van der Waals surface area contributed by atoms with Gasteiger partial charge in [-0.3, -0.25) is 19.3 Å². The molecule has 8 heteroatoms. The number of nitrogens with one attached hydrogen (secondary N) is 1. The molecule has 1 aliphatic heterocycles. The minimum absolute atomic E-state index is 0.199. The summed E-state index contributed by atoms with van der Waals surface area (Å²) < 4.78 is 1.60. The van der Waals surface area contributed by atoms with Crippen molar-refractivity contribution in [2.24, 2.45) is 0 Å². The second-order valence-electron chi connectivity index (χ2n) is 6.72. The normalized spacial score (nSPS) is 14.2. The van der Waals surface area contributed by atoms with Crippen LogP contribution in [0.5, 0.6) is 0 Å². The van der Waals surface area contributed by atoms with Crippen molar-refractivity contribution in [1.29, 1.82) is 0 Å². The summed E-state index contributed by atoms with van der Waals surface area (Å²) in [4.78, 5) is 42.2. The summed E-state index contributed by atoms with van der Waals surface area (Å²) in [5, 5.41) is 7.07. The summed E-state index contributed by atoms with van der Waals surface area (Å²) in [7, 11) is 0. The van der Waals surface area contributed by atoms with E-state index in [4.69, 9.17) is 0 Å². The van der Waals surface area contributed by atoms with E-state index in [-0.39, 0.29) is 17.7 Å². The van der Waals surface area contributed by atoms with Gasteiger partial charge in [0, 0.05) is 24.7 Å². The van der Waals surface area contributed by atoms with Gasteiger partial charge in [0.15, 0.2) is 5.82 Å². The van der Waals surface area contributed by atoms with Crippen molar-refractivity contribution in [3.8, 4) is 5.82 Å². The summed E-state index contributed by atoms with van der Waals surface area (Å²) in [5.74, 6) is -0.0713. The van der Waals surface area contributed by atoms with Crippen LogP contribution in [0.1, 0.15) is 35.3 Å². The molecule has 1 aliphatic rings. The molecule has 1 N–H and O–H groups in total. The summed E-state index contributed by atoms with van der Waals surface area (Å²) in [6.45, 7) is 1.80. The van der Waals surface area contributed by atoms with Crippen LogP contribution in [0.3, 0.4) is 0 Å². The maximum absolute atomic E-state index is 12.7. The molecule has 3 aromatic rings. The summed E-state index contributed by atoms with van der Waals surface area (Å²) in [6.07, 6.45) is 4.48. The van der Waals surface area contributed by atoms with E-state index in [2.05, 4.69) is 15.4 Å². The van der Waals surface area contributed by atoms with E-state index in [0.717, 1.165) is 0 Å². The Balaban J connectivity index is 1.50. The van der Waals surface area contributed by atoms with Crippen molar-refractivity contribution < 1.29 is 14.4 Å². The molecule has 1 aromatic carbocycles. The lowest BCUT2D eigenvalue weighted by molar-refractivity contribution is -0.129. The van der Waals surface area contributed by atoms with E-state index in [1.165, 1.54) is 11.1 Å². The van der Waals surface area contributed by atoms with Gasteiger partial charge in [-0.25, -0.2) is 9.67 Å². The van der Waals surface area contributed by atoms with Gasteiger partial charge in [0.05, 0.1) is 23.1 Å². The Morgan fingerprint density at radius 1 is 1.03 bits per heavy atom. The maximum Gasteiger partial charge on any atom is 0.259 e. The summed E-state index contributed by atoms with van der Waals surface area (Å²) in [6, 6.07) is 12.1. The standard InChI is InChI=1S/C21H19N5O3/c1-14-17(13-23-26(14)18-5-2-3-12-22-18)21(29)24-15-8-10-16(11-9-15)25-19(27)6-4-7-20(25)28/h2-3,5,8-13H,4,6-7H2,1H3,(H,24,29). The molecule has 2 aromatic heterocycles.